The van der Waals surface area contributed by atoms with E-state index < -0.39 is 0 Å². The Bertz CT molecular complexity index is 1080. The van der Waals surface area contributed by atoms with Gasteiger partial charge in [0, 0.05) is 43.7 Å². The molecule has 2 N–H and O–H groups in total. The highest BCUT2D eigenvalue weighted by molar-refractivity contribution is 5.90. The minimum Gasteiger partial charge on any atom is -0.341 e. The molecule has 4 rings (SSSR count). The van der Waals surface area contributed by atoms with Crippen LogP contribution in [0.15, 0.2) is 29.0 Å². The Hall–Kier alpha value is -3.56. The van der Waals surface area contributed by atoms with Gasteiger partial charge in [-0.05, 0) is 43.9 Å². The first-order valence-electron chi connectivity index (χ1n) is 10.9. The van der Waals surface area contributed by atoms with Gasteiger partial charge in [0.05, 0.1) is 0 Å². The lowest BCUT2D eigenvalue weighted by molar-refractivity contribution is -0.114. The van der Waals surface area contributed by atoms with Crippen molar-refractivity contribution in [3.05, 3.63) is 41.8 Å². The fourth-order valence-corrected chi connectivity index (χ4v) is 3.74. The summed E-state index contributed by atoms with van der Waals surface area (Å²) in [6.07, 6.45) is 5.16. The van der Waals surface area contributed by atoms with Crippen LogP contribution in [0, 0.1) is 6.92 Å². The second-order valence-electron chi connectivity index (χ2n) is 8.01. The number of hydrogen-bond donors (Lipinski definition) is 2. The molecule has 10 nitrogen and oxygen atoms in total. The first-order valence-corrected chi connectivity index (χ1v) is 10.9. The van der Waals surface area contributed by atoms with E-state index in [-0.39, 0.29) is 11.8 Å². The summed E-state index contributed by atoms with van der Waals surface area (Å²) >= 11 is 0. The first kappa shape index (κ1) is 21.7. The fourth-order valence-electron chi connectivity index (χ4n) is 3.74. The number of rotatable bonds is 7. The third-order valence-corrected chi connectivity index (χ3v) is 5.45. The molecule has 1 aliphatic rings. The minimum atomic E-state index is -0.113. The molecular formula is C22H28N8O2. The van der Waals surface area contributed by atoms with Crippen molar-refractivity contribution in [2.24, 2.45) is 0 Å². The lowest BCUT2D eigenvalue weighted by Gasteiger charge is -2.30. The number of nitrogens with one attached hydrogen (secondary N) is 2. The number of piperidine rings is 1. The molecule has 1 amide bonds. The van der Waals surface area contributed by atoms with Crippen molar-refractivity contribution >= 4 is 29.2 Å². The van der Waals surface area contributed by atoms with Gasteiger partial charge in [-0.2, -0.15) is 9.97 Å². The molecule has 0 bridgehead atoms. The van der Waals surface area contributed by atoms with Gasteiger partial charge in [-0.25, -0.2) is 9.97 Å². The molecule has 2 aromatic heterocycles. The number of aromatic nitrogens is 5. The quantitative estimate of drug-likeness (QED) is 0.572. The molecule has 3 heterocycles. The maximum atomic E-state index is 11.4. The van der Waals surface area contributed by atoms with Crippen LogP contribution in [-0.2, 0) is 11.2 Å². The summed E-state index contributed by atoms with van der Waals surface area (Å²) in [6, 6.07) is 5.72. The predicted octanol–water partition coefficient (Wildman–Crippen LogP) is 3.60. The molecule has 0 spiro atoms. The molecular weight excluding hydrogens is 408 g/mol. The second kappa shape index (κ2) is 9.71. The molecule has 0 atom stereocenters. The van der Waals surface area contributed by atoms with Gasteiger partial charge in [-0.1, -0.05) is 18.1 Å². The zero-order valence-corrected chi connectivity index (χ0v) is 18.6. The molecule has 1 fully saturated rings. The number of hydrogen-bond acceptors (Lipinski definition) is 9. The maximum absolute atomic E-state index is 11.4. The van der Waals surface area contributed by atoms with Crippen molar-refractivity contribution in [3.8, 4) is 0 Å². The average molecular weight is 437 g/mol. The van der Waals surface area contributed by atoms with Crippen LogP contribution in [-0.4, -0.2) is 44.1 Å². The molecule has 0 unspecified atom stereocenters. The van der Waals surface area contributed by atoms with Crippen molar-refractivity contribution in [1.82, 2.24) is 25.1 Å². The summed E-state index contributed by atoms with van der Waals surface area (Å²) in [6.45, 7) is 7.14. The number of anilines is 4. The van der Waals surface area contributed by atoms with Gasteiger partial charge in [0.2, 0.25) is 23.7 Å². The molecule has 10 heteroatoms. The molecule has 1 aromatic carbocycles. The number of nitrogens with zero attached hydrogens (tertiary/aromatic N) is 6. The van der Waals surface area contributed by atoms with Gasteiger partial charge in [-0.3, -0.25) is 4.79 Å². The smallest absolute Gasteiger partial charge is 0.231 e. The Balaban J connectivity index is 1.40. The highest BCUT2D eigenvalue weighted by Gasteiger charge is 2.26. The van der Waals surface area contributed by atoms with Crippen LogP contribution in [0.5, 0.6) is 0 Å². The van der Waals surface area contributed by atoms with E-state index >= 15 is 0 Å². The molecule has 32 heavy (non-hydrogen) atoms. The predicted molar refractivity (Wildman–Crippen MR) is 121 cm³/mol. The summed E-state index contributed by atoms with van der Waals surface area (Å²) in [5.74, 6) is 2.77. The Labute approximate surface area is 186 Å². The summed E-state index contributed by atoms with van der Waals surface area (Å²) in [7, 11) is 0. The van der Waals surface area contributed by atoms with Gasteiger partial charge in [-0.15, -0.1) is 0 Å². The SMILES string of the molecule is CCCc1noc(C2CCN(c3ncnc(Nc4ccc(C)c(NC(C)=O)c4)n3)CC2)n1. The van der Waals surface area contributed by atoms with Crippen molar-refractivity contribution in [1.29, 1.82) is 0 Å². The number of carbonyl (C=O) groups is 1. The van der Waals surface area contributed by atoms with Gasteiger partial charge in [0.15, 0.2) is 5.82 Å². The molecule has 1 saturated heterocycles. The third-order valence-electron chi connectivity index (χ3n) is 5.45. The van der Waals surface area contributed by atoms with Crippen LogP contribution in [0.25, 0.3) is 0 Å². The average Bonchev–Trinajstić information content (AvgIpc) is 3.25. The zero-order chi connectivity index (χ0) is 22.5. The van der Waals surface area contributed by atoms with Crippen LogP contribution in [0.3, 0.4) is 0 Å². The summed E-state index contributed by atoms with van der Waals surface area (Å²) in [4.78, 5) is 31.3. The van der Waals surface area contributed by atoms with Gasteiger partial charge in [0.25, 0.3) is 0 Å². The number of carbonyl (C=O) groups excluding carboxylic acids is 1. The van der Waals surface area contributed by atoms with E-state index in [2.05, 4.69) is 47.5 Å². The second-order valence-corrected chi connectivity index (χ2v) is 8.01. The first-order chi connectivity index (χ1) is 15.5. The van der Waals surface area contributed by atoms with E-state index in [1.165, 1.54) is 13.3 Å². The van der Waals surface area contributed by atoms with Crippen molar-refractivity contribution in [2.75, 3.05) is 28.6 Å². The summed E-state index contributed by atoms with van der Waals surface area (Å²) < 4.78 is 5.47. The van der Waals surface area contributed by atoms with Crippen LogP contribution in [0.4, 0.5) is 23.3 Å². The molecule has 0 saturated carbocycles. The zero-order valence-electron chi connectivity index (χ0n) is 18.6. The highest BCUT2D eigenvalue weighted by atomic mass is 16.5. The lowest BCUT2D eigenvalue weighted by Crippen LogP contribution is -2.34. The normalized spacial score (nSPS) is 14.4. The van der Waals surface area contributed by atoms with Gasteiger partial charge in [0.1, 0.15) is 6.33 Å². The van der Waals surface area contributed by atoms with E-state index in [0.29, 0.717) is 11.9 Å². The van der Waals surface area contributed by atoms with E-state index in [9.17, 15) is 4.79 Å². The van der Waals surface area contributed by atoms with Crippen LogP contribution >= 0.6 is 0 Å². The summed E-state index contributed by atoms with van der Waals surface area (Å²) in [5, 5.41) is 10.1. The molecule has 1 aliphatic heterocycles. The van der Waals surface area contributed by atoms with E-state index in [1.807, 2.05) is 25.1 Å². The molecule has 3 aromatic rings. The number of aryl methyl sites for hydroxylation is 2. The van der Waals surface area contributed by atoms with Crippen molar-refractivity contribution < 1.29 is 9.32 Å². The van der Waals surface area contributed by atoms with E-state index in [4.69, 9.17) is 4.52 Å². The number of amides is 1. The Morgan fingerprint density at radius 1 is 1.22 bits per heavy atom. The standard InChI is InChI=1S/C22H28N8O2/c1-4-5-19-27-20(32-29-19)16-8-10-30(11-9-16)22-24-13-23-21(28-22)26-17-7-6-14(2)18(12-17)25-15(3)31/h6-7,12-13,16H,4-5,8-11H2,1-3H3,(H,25,31)(H,23,24,26,28). The van der Waals surface area contributed by atoms with Gasteiger partial charge >= 0.3 is 0 Å². The Morgan fingerprint density at radius 3 is 2.78 bits per heavy atom. The topological polar surface area (TPSA) is 122 Å². The highest BCUT2D eigenvalue weighted by Crippen LogP contribution is 2.29. The summed E-state index contributed by atoms with van der Waals surface area (Å²) in [5.41, 5.74) is 2.52. The Kier molecular flexibility index (Phi) is 6.58. The molecule has 0 aliphatic carbocycles. The van der Waals surface area contributed by atoms with Crippen molar-refractivity contribution in [3.63, 3.8) is 0 Å². The van der Waals surface area contributed by atoms with E-state index in [0.717, 1.165) is 67.4 Å². The van der Waals surface area contributed by atoms with Gasteiger partial charge < -0.3 is 20.1 Å². The van der Waals surface area contributed by atoms with Crippen LogP contribution < -0.4 is 15.5 Å². The molecule has 168 valence electrons. The monoisotopic (exact) mass is 436 g/mol. The fraction of sp³-hybridized carbons (Fsp3) is 0.455. The van der Waals surface area contributed by atoms with Crippen molar-refractivity contribution in [2.45, 2.75) is 52.4 Å². The van der Waals surface area contributed by atoms with E-state index in [1.54, 1.807) is 0 Å². The molecule has 0 radical (unpaired) electrons. The maximum Gasteiger partial charge on any atom is 0.231 e. The largest absolute Gasteiger partial charge is 0.341 e. The van der Waals surface area contributed by atoms with Crippen LogP contribution in [0.1, 0.15) is 56.3 Å². The lowest BCUT2D eigenvalue weighted by atomic mass is 9.97. The van der Waals surface area contributed by atoms with Crippen LogP contribution in [0.2, 0.25) is 0 Å². The Morgan fingerprint density at radius 2 is 2.03 bits per heavy atom. The third kappa shape index (κ3) is 5.19. The number of benzene rings is 1. The minimum absolute atomic E-state index is 0.113.